The van der Waals surface area contributed by atoms with Crippen molar-refractivity contribution in [2.24, 2.45) is 5.73 Å². The highest BCUT2D eigenvalue weighted by Gasteiger charge is 2.24. The van der Waals surface area contributed by atoms with Gasteiger partial charge in [-0.3, -0.25) is 9.59 Å². The average Bonchev–Trinajstić information content (AvgIpc) is 2.54. The van der Waals surface area contributed by atoms with Crippen molar-refractivity contribution in [3.63, 3.8) is 0 Å². The predicted octanol–water partition coefficient (Wildman–Crippen LogP) is 2.62. The Balaban J connectivity index is 2.40. The van der Waals surface area contributed by atoms with Crippen LogP contribution in [0.25, 0.3) is 0 Å². The summed E-state index contributed by atoms with van der Waals surface area (Å²) in [5, 5.41) is 10.1. The van der Waals surface area contributed by atoms with Crippen LogP contribution >= 0.6 is 0 Å². The number of amides is 1. The highest BCUT2D eigenvalue weighted by atomic mass is 16.5. The summed E-state index contributed by atoms with van der Waals surface area (Å²) < 4.78 is 11.1. The lowest BCUT2D eigenvalue weighted by Gasteiger charge is -2.17. The number of ether oxygens (including phenoxy) is 1. The van der Waals surface area contributed by atoms with E-state index in [-0.39, 0.29) is 12.2 Å². The Morgan fingerprint density at radius 1 is 1.36 bits per heavy atom. The van der Waals surface area contributed by atoms with Gasteiger partial charge in [0.25, 0.3) is 0 Å². The molecule has 0 saturated heterocycles. The molecule has 1 heterocycles. The van der Waals surface area contributed by atoms with E-state index in [0.29, 0.717) is 23.7 Å². The number of aryl methyl sites for hydroxylation is 1. The summed E-state index contributed by atoms with van der Waals surface area (Å²) in [5.74, 6) is -0.747. The van der Waals surface area contributed by atoms with Crippen LogP contribution in [-0.2, 0) is 4.79 Å². The Labute approximate surface area is 145 Å². The molecule has 0 aliphatic rings. The molecule has 0 spiro atoms. The molecule has 1 atom stereocenters. The van der Waals surface area contributed by atoms with Gasteiger partial charge in [0.2, 0.25) is 17.1 Å². The van der Waals surface area contributed by atoms with Crippen LogP contribution < -0.4 is 15.9 Å². The van der Waals surface area contributed by atoms with E-state index in [9.17, 15) is 14.7 Å². The molecule has 25 heavy (non-hydrogen) atoms. The van der Waals surface area contributed by atoms with E-state index >= 15 is 0 Å². The van der Waals surface area contributed by atoms with Crippen LogP contribution in [0.5, 0.6) is 11.5 Å². The molecule has 1 aromatic carbocycles. The minimum absolute atomic E-state index is 0.0272. The van der Waals surface area contributed by atoms with Crippen molar-refractivity contribution >= 4 is 5.91 Å². The van der Waals surface area contributed by atoms with Crippen LogP contribution in [0.4, 0.5) is 0 Å². The number of aromatic hydroxyl groups is 1. The molecule has 6 nitrogen and oxygen atoms in total. The summed E-state index contributed by atoms with van der Waals surface area (Å²) in [7, 11) is 0. The van der Waals surface area contributed by atoms with Crippen LogP contribution in [0, 0.1) is 6.92 Å². The first-order valence-corrected chi connectivity index (χ1v) is 7.77. The molecule has 6 heteroatoms. The zero-order valence-electron chi connectivity index (χ0n) is 14.2. The van der Waals surface area contributed by atoms with E-state index in [1.165, 1.54) is 6.07 Å². The van der Waals surface area contributed by atoms with Crippen LogP contribution in [0.3, 0.4) is 0 Å². The number of carbonyl (C=O) groups is 1. The summed E-state index contributed by atoms with van der Waals surface area (Å²) in [6.45, 7) is 7.63. The number of hydrogen-bond acceptors (Lipinski definition) is 5. The SMILES string of the molecule is C=C(C)COc1ccc([C@@H](CC(N)=O)c2oc(C)cc(=O)c2O)cc1. The van der Waals surface area contributed by atoms with Crippen molar-refractivity contribution in [2.45, 2.75) is 26.2 Å². The van der Waals surface area contributed by atoms with Gasteiger partial charge in [-0.1, -0.05) is 18.7 Å². The van der Waals surface area contributed by atoms with E-state index in [0.717, 1.165) is 5.57 Å². The van der Waals surface area contributed by atoms with E-state index in [4.69, 9.17) is 14.9 Å². The molecule has 1 aromatic heterocycles. The fraction of sp³-hybridized carbons (Fsp3) is 0.263. The number of rotatable bonds is 7. The Morgan fingerprint density at radius 3 is 2.56 bits per heavy atom. The number of benzene rings is 1. The van der Waals surface area contributed by atoms with Crippen LogP contribution in [0.1, 0.15) is 36.3 Å². The minimum Gasteiger partial charge on any atom is -0.502 e. The Kier molecular flexibility index (Phi) is 5.64. The molecule has 2 rings (SSSR count). The van der Waals surface area contributed by atoms with Gasteiger partial charge in [0, 0.05) is 12.5 Å². The molecule has 0 radical (unpaired) electrons. The molecule has 0 unspecified atom stereocenters. The second kappa shape index (κ2) is 7.70. The van der Waals surface area contributed by atoms with Gasteiger partial charge in [-0.05, 0) is 37.1 Å². The Hall–Kier alpha value is -3.02. The molecule has 0 bridgehead atoms. The van der Waals surface area contributed by atoms with Crippen LogP contribution in [0.15, 0.2) is 51.7 Å². The maximum atomic E-state index is 11.8. The number of carbonyl (C=O) groups excluding carboxylic acids is 1. The molecule has 1 amide bonds. The van der Waals surface area contributed by atoms with Crippen molar-refractivity contribution in [3.05, 3.63) is 69.8 Å². The quantitative estimate of drug-likeness (QED) is 0.752. The summed E-state index contributed by atoms with van der Waals surface area (Å²) >= 11 is 0. The zero-order chi connectivity index (χ0) is 18.6. The Morgan fingerprint density at radius 2 is 2.00 bits per heavy atom. The fourth-order valence-corrected chi connectivity index (χ4v) is 2.43. The number of hydrogen-bond donors (Lipinski definition) is 2. The lowest BCUT2D eigenvalue weighted by molar-refractivity contribution is -0.118. The molecule has 0 fully saturated rings. The first-order chi connectivity index (χ1) is 11.8. The third kappa shape index (κ3) is 4.73. The topological polar surface area (TPSA) is 103 Å². The van der Waals surface area contributed by atoms with E-state index in [1.54, 1.807) is 31.2 Å². The second-order valence-electron chi connectivity index (χ2n) is 5.97. The van der Waals surface area contributed by atoms with E-state index in [1.807, 2.05) is 6.92 Å². The lowest BCUT2D eigenvalue weighted by Crippen LogP contribution is -2.17. The largest absolute Gasteiger partial charge is 0.502 e. The molecular weight excluding hydrogens is 322 g/mol. The normalized spacial score (nSPS) is 11.8. The van der Waals surface area contributed by atoms with Crippen molar-refractivity contribution < 1.29 is 19.1 Å². The second-order valence-corrected chi connectivity index (χ2v) is 5.97. The summed E-state index contributed by atoms with van der Waals surface area (Å²) in [4.78, 5) is 23.3. The van der Waals surface area contributed by atoms with Crippen LogP contribution in [-0.4, -0.2) is 17.6 Å². The van der Waals surface area contributed by atoms with Crippen molar-refractivity contribution in [1.82, 2.24) is 0 Å². The predicted molar refractivity (Wildman–Crippen MR) is 93.8 cm³/mol. The third-order valence-electron chi connectivity index (χ3n) is 3.56. The average molecular weight is 343 g/mol. The molecular formula is C19H21NO5. The molecule has 132 valence electrons. The Bertz CT molecular complexity index is 836. The fourth-order valence-electron chi connectivity index (χ4n) is 2.43. The number of primary amides is 1. The highest BCUT2D eigenvalue weighted by molar-refractivity contribution is 5.75. The monoisotopic (exact) mass is 343 g/mol. The van der Waals surface area contributed by atoms with Crippen molar-refractivity contribution in [2.75, 3.05) is 6.61 Å². The molecule has 3 N–H and O–H groups in total. The summed E-state index contributed by atoms with van der Waals surface area (Å²) in [5.41, 5.74) is 6.33. The van der Waals surface area contributed by atoms with Crippen molar-refractivity contribution in [1.29, 1.82) is 0 Å². The number of nitrogens with two attached hydrogens (primary N) is 1. The van der Waals surface area contributed by atoms with Gasteiger partial charge in [0.1, 0.15) is 18.1 Å². The maximum Gasteiger partial charge on any atom is 0.227 e. The summed E-state index contributed by atoms with van der Waals surface area (Å²) in [6, 6.07) is 8.13. The summed E-state index contributed by atoms with van der Waals surface area (Å²) in [6.07, 6.45) is -0.105. The molecule has 0 aliphatic heterocycles. The molecule has 0 aliphatic carbocycles. The molecule has 0 saturated carbocycles. The van der Waals surface area contributed by atoms with Gasteiger partial charge in [0.05, 0.1) is 5.92 Å². The minimum atomic E-state index is -0.666. The van der Waals surface area contributed by atoms with Gasteiger partial charge in [0.15, 0.2) is 5.76 Å². The molecule has 2 aromatic rings. The van der Waals surface area contributed by atoms with Gasteiger partial charge in [-0.2, -0.15) is 0 Å². The van der Waals surface area contributed by atoms with Gasteiger partial charge in [-0.15, -0.1) is 0 Å². The van der Waals surface area contributed by atoms with Crippen LogP contribution in [0.2, 0.25) is 0 Å². The highest BCUT2D eigenvalue weighted by Crippen LogP contribution is 2.33. The van der Waals surface area contributed by atoms with Gasteiger partial charge in [-0.25, -0.2) is 0 Å². The van der Waals surface area contributed by atoms with E-state index < -0.39 is 23.0 Å². The van der Waals surface area contributed by atoms with Gasteiger partial charge >= 0.3 is 0 Å². The smallest absolute Gasteiger partial charge is 0.227 e. The standard InChI is InChI=1S/C19H21NO5/c1-11(2)10-24-14-6-4-13(5-7-14)15(9-17(20)22)19-18(23)16(21)8-12(3)25-19/h4-8,15,23H,1,9-10H2,2-3H3,(H2,20,22)/t15-/m1/s1. The first-order valence-electron chi connectivity index (χ1n) is 7.77. The van der Waals surface area contributed by atoms with Crippen molar-refractivity contribution in [3.8, 4) is 11.5 Å². The maximum absolute atomic E-state index is 11.8. The van der Waals surface area contributed by atoms with Gasteiger partial charge < -0.3 is 20.0 Å². The zero-order valence-corrected chi connectivity index (χ0v) is 14.2. The third-order valence-corrected chi connectivity index (χ3v) is 3.56. The lowest BCUT2D eigenvalue weighted by atomic mass is 9.92. The first kappa shape index (κ1) is 18.3. The van der Waals surface area contributed by atoms with E-state index in [2.05, 4.69) is 6.58 Å².